The fourth-order valence-electron chi connectivity index (χ4n) is 2.46. The highest BCUT2D eigenvalue weighted by atomic mass is 32.1. The van der Waals surface area contributed by atoms with Gasteiger partial charge in [-0.1, -0.05) is 48.8 Å². The molecule has 2 aromatic carbocycles. The first-order valence-electron chi connectivity index (χ1n) is 12.7. The van der Waals surface area contributed by atoms with E-state index in [9.17, 15) is 9.90 Å². The number of thiazole rings is 1. The maximum atomic E-state index is 12.7. The zero-order valence-corrected chi connectivity index (χ0v) is 15.8. The van der Waals surface area contributed by atoms with Crippen LogP contribution in [0.15, 0.2) is 59.9 Å². The van der Waals surface area contributed by atoms with Crippen LogP contribution < -0.4 is 11.1 Å². The predicted molar refractivity (Wildman–Crippen MR) is 114 cm³/mol. The van der Waals surface area contributed by atoms with Crippen molar-refractivity contribution in [1.82, 2.24) is 4.98 Å². The number of amides is 1. The van der Waals surface area contributed by atoms with E-state index in [1.165, 1.54) is 0 Å². The molecule has 0 saturated carbocycles. The summed E-state index contributed by atoms with van der Waals surface area (Å²) in [6.07, 6.45) is -3.55. The number of rotatable bonds is 9. The molecule has 5 nitrogen and oxygen atoms in total. The van der Waals surface area contributed by atoms with Crippen LogP contribution in [-0.4, -0.2) is 16.0 Å². The van der Waals surface area contributed by atoms with E-state index in [1.54, 1.807) is 30.3 Å². The summed E-state index contributed by atoms with van der Waals surface area (Å²) in [5.41, 5.74) is 5.07. The molecule has 1 atom stereocenters. The average molecular weight is 404 g/mol. The normalized spacial score (nSPS) is 17.6. The van der Waals surface area contributed by atoms with E-state index in [-0.39, 0.29) is 41.0 Å². The molecule has 28 heavy (non-hydrogen) atoms. The van der Waals surface area contributed by atoms with Gasteiger partial charge in [0.2, 0.25) is 5.91 Å². The van der Waals surface area contributed by atoms with Crippen LogP contribution in [0.4, 0.5) is 10.8 Å². The largest absolute Gasteiger partial charge is 0.388 e. The molecule has 0 radical (unpaired) electrons. The number of aromatic nitrogens is 1. The smallest absolute Gasteiger partial charge is 0.230 e. The summed E-state index contributed by atoms with van der Waals surface area (Å²) in [5.74, 6) is -1.30. The maximum absolute atomic E-state index is 12.7. The van der Waals surface area contributed by atoms with Crippen LogP contribution in [0.3, 0.4) is 0 Å². The second-order valence-electron chi connectivity index (χ2n) is 5.96. The van der Waals surface area contributed by atoms with Crippen LogP contribution in [0.2, 0.25) is 0 Å². The molecule has 0 spiro atoms. The van der Waals surface area contributed by atoms with Gasteiger partial charge in [-0.05, 0) is 42.5 Å². The topological polar surface area (TPSA) is 88.2 Å². The van der Waals surface area contributed by atoms with Gasteiger partial charge in [0.25, 0.3) is 0 Å². The van der Waals surface area contributed by atoms with Gasteiger partial charge in [0.15, 0.2) is 5.13 Å². The van der Waals surface area contributed by atoms with E-state index in [4.69, 9.17) is 16.7 Å². The van der Waals surface area contributed by atoms with Gasteiger partial charge in [-0.2, -0.15) is 0 Å². The van der Waals surface area contributed by atoms with E-state index in [0.29, 0.717) is 29.7 Å². The Morgan fingerprint density at radius 3 is 2.71 bits per heavy atom. The Bertz CT molecular complexity index is 1240. The van der Waals surface area contributed by atoms with Crippen molar-refractivity contribution in [2.75, 3.05) is 11.1 Å². The third kappa shape index (κ3) is 6.18. The minimum atomic E-state index is -2.79. The summed E-state index contributed by atoms with van der Waals surface area (Å²) in [4.78, 5) is 16.3. The Morgan fingerprint density at radius 1 is 1.29 bits per heavy atom. The number of aliphatic hydroxyl groups is 1. The van der Waals surface area contributed by atoms with Crippen molar-refractivity contribution in [1.29, 1.82) is 0 Å². The number of hydrogen-bond donors (Lipinski definition) is 3. The quantitative estimate of drug-likeness (QED) is 0.463. The SMILES string of the molecule is [2H]c1sc(N)nc1C([2H])([2H])C(=O)Nc1c([2H])c([2H])c(CCCC[C@]([2H])(O)c2ccccc2)c([2H])c1[2H]. The highest BCUT2D eigenvalue weighted by Gasteiger charge is 2.08. The third-order valence-corrected chi connectivity index (χ3v) is 4.41. The van der Waals surface area contributed by atoms with Crippen LogP contribution in [-0.2, 0) is 17.6 Å². The number of hydrogen-bond acceptors (Lipinski definition) is 5. The average Bonchev–Trinajstić information content (AvgIpc) is 3.19. The Hall–Kier alpha value is -2.70. The molecule has 3 rings (SSSR count). The van der Waals surface area contributed by atoms with Crippen molar-refractivity contribution in [3.05, 3.63) is 76.7 Å². The van der Waals surface area contributed by atoms with Gasteiger partial charge in [0.05, 0.1) is 26.4 Å². The minimum Gasteiger partial charge on any atom is -0.388 e. The fraction of sp³-hybridized carbons (Fsp3) is 0.273. The predicted octanol–water partition coefficient (Wildman–Crippen LogP) is 4.35. The first-order valence-corrected chi connectivity index (χ1v) is 9.51. The van der Waals surface area contributed by atoms with Gasteiger partial charge in [-0.3, -0.25) is 4.79 Å². The molecular weight excluding hydrogens is 370 g/mol. The molecule has 1 amide bonds. The molecular formula is C22H25N3O2S. The van der Waals surface area contributed by atoms with Gasteiger partial charge in [-0.25, -0.2) is 4.98 Å². The van der Waals surface area contributed by atoms with Crippen LogP contribution in [0, 0.1) is 0 Å². The first-order chi connectivity index (χ1) is 16.8. The highest BCUT2D eigenvalue weighted by Crippen LogP contribution is 2.20. The van der Waals surface area contributed by atoms with Gasteiger partial charge < -0.3 is 16.2 Å². The summed E-state index contributed by atoms with van der Waals surface area (Å²) < 4.78 is 65.1. The monoisotopic (exact) mass is 403 g/mol. The summed E-state index contributed by atoms with van der Waals surface area (Å²) in [5, 5.41) is 12.1. The van der Waals surface area contributed by atoms with Crippen LogP contribution >= 0.6 is 11.3 Å². The second-order valence-corrected chi connectivity index (χ2v) is 6.78. The number of unbranched alkanes of at least 4 members (excludes halogenated alkanes) is 1. The molecule has 0 bridgehead atoms. The number of anilines is 2. The molecule has 0 saturated heterocycles. The van der Waals surface area contributed by atoms with Crippen molar-refractivity contribution >= 4 is 28.1 Å². The van der Waals surface area contributed by atoms with Crippen molar-refractivity contribution in [2.45, 2.75) is 38.1 Å². The molecule has 0 aliphatic rings. The Morgan fingerprint density at radius 2 is 2.04 bits per heavy atom. The molecule has 0 unspecified atom stereocenters. The molecule has 0 aliphatic heterocycles. The Labute approximate surface area is 180 Å². The van der Waals surface area contributed by atoms with Gasteiger partial charge in [0.1, 0.15) is 0 Å². The lowest BCUT2D eigenvalue weighted by atomic mass is 10.0. The van der Waals surface area contributed by atoms with E-state index >= 15 is 0 Å². The molecule has 0 aliphatic carbocycles. The van der Waals surface area contributed by atoms with Crippen molar-refractivity contribution in [2.24, 2.45) is 0 Å². The number of carbonyl (C=O) groups excluding carboxylic acids is 1. The summed E-state index contributed by atoms with van der Waals surface area (Å²) in [6, 6.07) is 6.69. The number of benzene rings is 2. The third-order valence-electron chi connectivity index (χ3n) is 3.82. The zero-order chi connectivity index (χ0) is 26.8. The van der Waals surface area contributed by atoms with Crippen molar-refractivity contribution in [3.8, 4) is 0 Å². The lowest BCUT2D eigenvalue weighted by Gasteiger charge is -2.10. The standard InChI is InChI=1S/C22H25N3O2S/c23-22-25-19(15-28-22)14-21(27)24-18-12-10-16(11-13-18)6-4-5-9-20(26)17-7-2-1-3-8-17/h1-3,7-8,10-13,15,20,26H,4-6,9,14H2,(H2,23,25)(H,24,27)/t20-/m0/s1/i10D,11D,12D,13D,14D2,15D,20D. The van der Waals surface area contributed by atoms with Crippen molar-refractivity contribution in [3.63, 3.8) is 0 Å². The summed E-state index contributed by atoms with van der Waals surface area (Å²) in [7, 11) is 0. The second kappa shape index (κ2) is 10.0. The van der Waals surface area contributed by atoms with E-state index in [0.717, 1.165) is 0 Å². The molecule has 1 aromatic heterocycles. The molecule has 1 heterocycles. The minimum absolute atomic E-state index is 0.0899. The Balaban J connectivity index is 1.74. The highest BCUT2D eigenvalue weighted by molar-refractivity contribution is 7.13. The number of nitrogens with zero attached hydrogens (tertiary/aromatic N) is 1. The first kappa shape index (κ1) is 12.0. The van der Waals surface area contributed by atoms with Crippen LogP contribution in [0.5, 0.6) is 0 Å². The van der Waals surface area contributed by atoms with E-state index in [1.807, 2.05) is 0 Å². The lowest BCUT2D eigenvalue weighted by molar-refractivity contribution is -0.115. The van der Waals surface area contributed by atoms with Gasteiger partial charge >= 0.3 is 0 Å². The fourth-order valence-corrected chi connectivity index (χ4v) is 2.89. The number of nitrogens with two attached hydrogens (primary N) is 1. The zero-order valence-electron chi connectivity index (χ0n) is 23.0. The van der Waals surface area contributed by atoms with E-state index in [2.05, 4.69) is 10.3 Å². The summed E-state index contributed by atoms with van der Waals surface area (Å²) >= 11 is 0.694. The molecule has 6 heteroatoms. The number of nitrogens with one attached hydrogen (secondary N) is 1. The van der Waals surface area contributed by atoms with Crippen LogP contribution in [0.25, 0.3) is 0 Å². The molecule has 4 N–H and O–H groups in total. The van der Waals surface area contributed by atoms with Gasteiger partial charge in [0, 0.05) is 13.8 Å². The number of nitrogen functional groups attached to an aromatic ring is 1. The van der Waals surface area contributed by atoms with Crippen molar-refractivity contribution < 1.29 is 20.9 Å². The maximum Gasteiger partial charge on any atom is 0.230 e. The molecule has 0 fully saturated rings. The number of carbonyl (C=O) groups is 1. The molecule has 3 aromatic rings. The summed E-state index contributed by atoms with van der Waals surface area (Å²) in [6.45, 7) is 0. The van der Waals surface area contributed by atoms with Crippen LogP contribution in [0.1, 0.15) is 53.1 Å². The van der Waals surface area contributed by atoms with Gasteiger partial charge in [-0.15, -0.1) is 11.3 Å². The Kier molecular flexibility index (Phi) is 4.29. The molecule has 146 valence electrons. The van der Waals surface area contributed by atoms with E-state index < -0.39 is 41.8 Å². The lowest BCUT2D eigenvalue weighted by Crippen LogP contribution is -2.14.